The number of nitrogens with zero attached hydrogens (tertiary/aromatic N) is 2. The molecule has 1 unspecified atom stereocenters. The Kier molecular flexibility index (Phi) is 4.95. The van der Waals surface area contributed by atoms with Crippen LogP contribution < -0.4 is 0 Å². The number of piperazine rings is 1. The summed E-state index contributed by atoms with van der Waals surface area (Å²) in [5.74, 6) is -0.144. The summed E-state index contributed by atoms with van der Waals surface area (Å²) in [5, 5.41) is 1.80. The predicted molar refractivity (Wildman–Crippen MR) is 68.4 cm³/mol. The summed E-state index contributed by atoms with van der Waals surface area (Å²) in [6.45, 7) is 13.7. The third kappa shape index (κ3) is 4.28. The molecule has 0 radical (unpaired) electrons. The molecular weight excluding hydrogens is 216 g/mol. The normalized spacial score (nSPS) is 21.2. The number of hydrogen-bond acceptors (Lipinski definition) is 4. The van der Waals surface area contributed by atoms with Crippen molar-refractivity contribution in [1.82, 2.24) is 9.96 Å². The fourth-order valence-electron chi connectivity index (χ4n) is 1.75. The first-order valence-corrected chi connectivity index (χ1v) is 6.56. The van der Waals surface area contributed by atoms with Crippen LogP contribution in [0.3, 0.4) is 0 Å². The number of carbonyl (C=O) groups excluding carboxylic acids is 1. The van der Waals surface area contributed by atoms with Gasteiger partial charge in [0, 0.05) is 32.2 Å². The molecule has 0 aromatic carbocycles. The van der Waals surface area contributed by atoms with Gasteiger partial charge in [-0.05, 0) is 34.1 Å². The van der Waals surface area contributed by atoms with Crippen LogP contribution in [-0.2, 0) is 9.63 Å². The van der Waals surface area contributed by atoms with E-state index in [2.05, 4.69) is 18.7 Å². The number of hydrogen-bond donors (Lipinski definition) is 0. The highest BCUT2D eigenvalue weighted by molar-refractivity contribution is 5.75. The zero-order chi connectivity index (χ0) is 13.1. The molecule has 1 atom stereocenters. The first kappa shape index (κ1) is 14.5. The zero-order valence-corrected chi connectivity index (χ0v) is 11.8. The minimum atomic E-state index is -0.423. The number of carbonyl (C=O) groups is 1. The molecule has 0 aromatic rings. The Labute approximate surface area is 105 Å². The SMILES string of the molecule is CCC(C)N1CCN(OC(=O)C(C)(C)C)CC1. The molecule has 0 aromatic heterocycles. The van der Waals surface area contributed by atoms with E-state index < -0.39 is 5.41 Å². The lowest BCUT2D eigenvalue weighted by molar-refractivity contribution is -0.207. The molecule has 4 nitrogen and oxygen atoms in total. The van der Waals surface area contributed by atoms with Crippen molar-refractivity contribution < 1.29 is 9.63 Å². The molecule has 0 spiro atoms. The van der Waals surface area contributed by atoms with Crippen molar-refractivity contribution in [2.75, 3.05) is 26.2 Å². The summed E-state index contributed by atoms with van der Waals surface area (Å²) < 4.78 is 0. The van der Waals surface area contributed by atoms with Gasteiger partial charge in [0.2, 0.25) is 0 Å². The molecule has 1 aliphatic heterocycles. The Hall–Kier alpha value is -0.610. The van der Waals surface area contributed by atoms with Crippen molar-refractivity contribution in [3.8, 4) is 0 Å². The second kappa shape index (κ2) is 5.83. The van der Waals surface area contributed by atoms with Crippen LogP contribution >= 0.6 is 0 Å². The van der Waals surface area contributed by atoms with Crippen LogP contribution in [0, 0.1) is 5.41 Å². The molecule has 1 rings (SSSR count). The maximum absolute atomic E-state index is 11.7. The second-order valence-electron chi connectivity index (χ2n) is 5.85. The number of rotatable bonds is 3. The van der Waals surface area contributed by atoms with Crippen LogP contribution in [-0.4, -0.2) is 48.2 Å². The molecule has 1 saturated heterocycles. The highest BCUT2D eigenvalue weighted by Gasteiger charge is 2.28. The maximum atomic E-state index is 11.7. The molecule has 1 heterocycles. The van der Waals surface area contributed by atoms with Crippen LogP contribution in [0.1, 0.15) is 41.0 Å². The van der Waals surface area contributed by atoms with E-state index in [0.717, 1.165) is 26.2 Å². The average molecular weight is 242 g/mol. The van der Waals surface area contributed by atoms with Gasteiger partial charge in [0.05, 0.1) is 5.41 Å². The van der Waals surface area contributed by atoms with Gasteiger partial charge in [0.15, 0.2) is 0 Å². The van der Waals surface area contributed by atoms with E-state index >= 15 is 0 Å². The van der Waals surface area contributed by atoms with Gasteiger partial charge in [-0.3, -0.25) is 4.90 Å². The van der Waals surface area contributed by atoms with Crippen molar-refractivity contribution in [3.05, 3.63) is 0 Å². The van der Waals surface area contributed by atoms with Crippen molar-refractivity contribution in [2.24, 2.45) is 5.41 Å². The summed E-state index contributed by atoms with van der Waals surface area (Å²) in [6, 6.07) is 0.621. The first-order chi connectivity index (χ1) is 7.84. The Morgan fingerprint density at radius 1 is 1.24 bits per heavy atom. The van der Waals surface area contributed by atoms with Crippen molar-refractivity contribution in [2.45, 2.75) is 47.1 Å². The zero-order valence-electron chi connectivity index (χ0n) is 11.8. The van der Waals surface area contributed by atoms with Gasteiger partial charge in [0.25, 0.3) is 0 Å². The molecule has 1 fully saturated rings. The molecule has 0 amide bonds. The van der Waals surface area contributed by atoms with E-state index in [0.29, 0.717) is 6.04 Å². The Bertz CT molecular complexity index is 253. The van der Waals surface area contributed by atoms with E-state index in [9.17, 15) is 4.79 Å². The fraction of sp³-hybridized carbons (Fsp3) is 0.923. The lowest BCUT2D eigenvalue weighted by Crippen LogP contribution is -2.50. The van der Waals surface area contributed by atoms with E-state index in [4.69, 9.17) is 4.84 Å². The Morgan fingerprint density at radius 3 is 2.18 bits per heavy atom. The molecule has 4 heteroatoms. The number of hydroxylamine groups is 2. The van der Waals surface area contributed by atoms with Gasteiger partial charge in [0.1, 0.15) is 0 Å². The van der Waals surface area contributed by atoms with Gasteiger partial charge in [-0.25, -0.2) is 4.79 Å². The smallest absolute Gasteiger partial charge is 0.330 e. The quantitative estimate of drug-likeness (QED) is 0.757. The van der Waals surface area contributed by atoms with Crippen molar-refractivity contribution in [1.29, 1.82) is 0 Å². The van der Waals surface area contributed by atoms with Gasteiger partial charge >= 0.3 is 5.97 Å². The fourth-order valence-corrected chi connectivity index (χ4v) is 1.75. The summed E-state index contributed by atoms with van der Waals surface area (Å²) in [5.41, 5.74) is -0.423. The second-order valence-corrected chi connectivity index (χ2v) is 5.85. The summed E-state index contributed by atoms with van der Waals surface area (Å²) in [6.07, 6.45) is 1.17. The third-order valence-electron chi connectivity index (χ3n) is 3.31. The van der Waals surface area contributed by atoms with Crippen LogP contribution in [0.15, 0.2) is 0 Å². The Balaban J connectivity index is 2.35. The molecule has 0 bridgehead atoms. The molecule has 1 aliphatic rings. The minimum absolute atomic E-state index is 0.144. The van der Waals surface area contributed by atoms with Gasteiger partial charge in [-0.1, -0.05) is 6.92 Å². The van der Waals surface area contributed by atoms with E-state index in [1.54, 1.807) is 5.06 Å². The van der Waals surface area contributed by atoms with Crippen LogP contribution in [0.4, 0.5) is 0 Å². The summed E-state index contributed by atoms with van der Waals surface area (Å²) in [7, 11) is 0. The summed E-state index contributed by atoms with van der Waals surface area (Å²) >= 11 is 0. The first-order valence-electron chi connectivity index (χ1n) is 6.56. The van der Waals surface area contributed by atoms with Gasteiger partial charge in [-0.15, -0.1) is 5.06 Å². The molecule has 0 N–H and O–H groups in total. The average Bonchev–Trinajstić information content (AvgIpc) is 2.27. The van der Waals surface area contributed by atoms with Crippen LogP contribution in [0.25, 0.3) is 0 Å². The van der Waals surface area contributed by atoms with Crippen molar-refractivity contribution >= 4 is 5.97 Å². The van der Waals surface area contributed by atoms with Gasteiger partial charge in [-0.2, -0.15) is 0 Å². The minimum Gasteiger partial charge on any atom is -0.367 e. The standard InChI is InChI=1S/C13H26N2O2/c1-6-11(2)14-7-9-15(10-8-14)17-12(16)13(3,4)5/h11H,6-10H2,1-5H3. The topological polar surface area (TPSA) is 32.8 Å². The lowest BCUT2D eigenvalue weighted by atomic mass is 9.98. The Morgan fingerprint density at radius 2 is 1.76 bits per heavy atom. The molecule has 0 aliphatic carbocycles. The molecule has 0 saturated carbocycles. The van der Waals surface area contributed by atoms with Gasteiger partial charge < -0.3 is 4.84 Å². The summed E-state index contributed by atoms with van der Waals surface area (Å²) in [4.78, 5) is 19.6. The maximum Gasteiger partial charge on any atom is 0.330 e. The molecule has 100 valence electrons. The lowest BCUT2D eigenvalue weighted by Gasteiger charge is -2.37. The van der Waals surface area contributed by atoms with E-state index in [1.165, 1.54) is 6.42 Å². The van der Waals surface area contributed by atoms with Crippen LogP contribution in [0.2, 0.25) is 0 Å². The molecule has 17 heavy (non-hydrogen) atoms. The highest BCUT2D eigenvalue weighted by Crippen LogP contribution is 2.17. The highest BCUT2D eigenvalue weighted by atomic mass is 16.7. The monoisotopic (exact) mass is 242 g/mol. The van der Waals surface area contributed by atoms with E-state index in [1.807, 2.05) is 20.8 Å². The van der Waals surface area contributed by atoms with Crippen molar-refractivity contribution in [3.63, 3.8) is 0 Å². The largest absolute Gasteiger partial charge is 0.367 e. The predicted octanol–water partition coefficient (Wildman–Crippen LogP) is 1.91. The van der Waals surface area contributed by atoms with E-state index in [-0.39, 0.29) is 5.97 Å². The molecular formula is C13H26N2O2. The third-order valence-corrected chi connectivity index (χ3v) is 3.31. The van der Waals surface area contributed by atoms with Crippen LogP contribution in [0.5, 0.6) is 0 Å².